The molecule has 1 fully saturated rings. The molecule has 1 aliphatic rings. The quantitative estimate of drug-likeness (QED) is 0.857. The van der Waals surface area contributed by atoms with Gasteiger partial charge in [0.05, 0.1) is 4.90 Å². The largest absolute Gasteiger partial charge is 0.381 e. The third-order valence-electron chi connectivity index (χ3n) is 3.31. The second-order valence-electron chi connectivity index (χ2n) is 5.13. The van der Waals surface area contributed by atoms with E-state index in [0.717, 1.165) is 24.1 Å². The van der Waals surface area contributed by atoms with Crippen LogP contribution in [0.2, 0.25) is 0 Å². The van der Waals surface area contributed by atoms with E-state index in [9.17, 15) is 8.42 Å². The van der Waals surface area contributed by atoms with Gasteiger partial charge in [-0.25, -0.2) is 13.1 Å². The smallest absolute Gasteiger partial charge is 0.240 e. The van der Waals surface area contributed by atoms with Crippen molar-refractivity contribution in [3.63, 3.8) is 0 Å². The molecule has 1 aromatic carbocycles. The summed E-state index contributed by atoms with van der Waals surface area (Å²) in [6.45, 7) is 0.676. The number of rotatable bonds is 6. The molecular weight excluding hydrogens is 286 g/mol. The molecule has 0 radical (unpaired) electrons. The van der Waals surface area contributed by atoms with E-state index in [1.54, 1.807) is 36.7 Å². The van der Waals surface area contributed by atoms with Gasteiger partial charge in [0, 0.05) is 30.7 Å². The molecule has 1 heterocycles. The van der Waals surface area contributed by atoms with Crippen molar-refractivity contribution in [2.24, 2.45) is 0 Å². The summed E-state index contributed by atoms with van der Waals surface area (Å²) < 4.78 is 26.7. The van der Waals surface area contributed by atoms with Crippen molar-refractivity contribution in [3.05, 3.63) is 54.4 Å². The van der Waals surface area contributed by atoms with E-state index in [-0.39, 0.29) is 6.04 Å². The van der Waals surface area contributed by atoms with E-state index in [1.165, 1.54) is 0 Å². The molecule has 0 saturated heterocycles. The maximum Gasteiger partial charge on any atom is 0.240 e. The van der Waals surface area contributed by atoms with Crippen LogP contribution in [-0.2, 0) is 16.6 Å². The van der Waals surface area contributed by atoms with Crippen LogP contribution < -0.4 is 10.0 Å². The molecule has 1 aromatic heterocycles. The highest BCUT2D eigenvalue weighted by Crippen LogP contribution is 2.22. The Hall–Kier alpha value is -1.92. The van der Waals surface area contributed by atoms with E-state index in [0.29, 0.717) is 11.4 Å². The van der Waals surface area contributed by atoms with Crippen LogP contribution in [0.15, 0.2) is 53.7 Å². The minimum Gasteiger partial charge on any atom is -0.381 e. The van der Waals surface area contributed by atoms with Gasteiger partial charge in [-0.2, -0.15) is 0 Å². The Kier molecular flexibility index (Phi) is 3.90. The van der Waals surface area contributed by atoms with Gasteiger partial charge in [-0.3, -0.25) is 4.98 Å². The van der Waals surface area contributed by atoms with Crippen LogP contribution in [0, 0.1) is 0 Å². The maximum absolute atomic E-state index is 12.0. The number of pyridine rings is 1. The van der Waals surface area contributed by atoms with Crippen LogP contribution in [0.5, 0.6) is 0 Å². The van der Waals surface area contributed by atoms with Crippen LogP contribution in [0.4, 0.5) is 5.69 Å². The number of nitrogens with zero attached hydrogens (tertiary/aromatic N) is 1. The molecule has 1 aliphatic carbocycles. The molecule has 0 spiro atoms. The van der Waals surface area contributed by atoms with E-state index in [2.05, 4.69) is 15.0 Å². The molecule has 5 nitrogen and oxygen atoms in total. The van der Waals surface area contributed by atoms with Crippen molar-refractivity contribution in [2.75, 3.05) is 5.32 Å². The van der Waals surface area contributed by atoms with Crippen LogP contribution in [-0.4, -0.2) is 19.4 Å². The van der Waals surface area contributed by atoms with Crippen molar-refractivity contribution in [1.82, 2.24) is 9.71 Å². The Bertz CT molecular complexity index is 695. The summed E-state index contributed by atoms with van der Waals surface area (Å²) in [5, 5.41) is 3.25. The lowest BCUT2D eigenvalue weighted by molar-refractivity contribution is 0.581. The molecule has 21 heavy (non-hydrogen) atoms. The van der Waals surface area contributed by atoms with Crippen molar-refractivity contribution < 1.29 is 8.42 Å². The van der Waals surface area contributed by atoms with Crippen LogP contribution in [0.25, 0.3) is 0 Å². The third-order valence-corrected chi connectivity index (χ3v) is 4.85. The Labute approximate surface area is 124 Å². The molecule has 0 bridgehead atoms. The molecule has 0 atom stereocenters. The lowest BCUT2D eigenvalue weighted by Crippen LogP contribution is -2.25. The lowest BCUT2D eigenvalue weighted by Gasteiger charge is -2.08. The van der Waals surface area contributed by atoms with E-state index in [4.69, 9.17) is 0 Å². The van der Waals surface area contributed by atoms with E-state index >= 15 is 0 Å². The fourth-order valence-corrected chi connectivity index (χ4v) is 3.25. The van der Waals surface area contributed by atoms with Gasteiger partial charge in [-0.1, -0.05) is 0 Å². The highest BCUT2D eigenvalue weighted by atomic mass is 32.2. The zero-order chi connectivity index (χ0) is 14.7. The Balaban J connectivity index is 1.63. The summed E-state index contributed by atoms with van der Waals surface area (Å²) in [4.78, 5) is 4.28. The van der Waals surface area contributed by atoms with E-state index < -0.39 is 10.0 Å². The zero-order valence-electron chi connectivity index (χ0n) is 11.5. The number of hydrogen-bond acceptors (Lipinski definition) is 4. The fourth-order valence-electron chi connectivity index (χ4n) is 1.95. The Morgan fingerprint density at radius 2 is 1.71 bits per heavy atom. The first kappa shape index (κ1) is 14.0. The van der Waals surface area contributed by atoms with Gasteiger partial charge in [0.15, 0.2) is 0 Å². The number of sulfonamides is 1. The highest BCUT2D eigenvalue weighted by molar-refractivity contribution is 7.89. The molecule has 0 amide bonds. The first-order valence-corrected chi connectivity index (χ1v) is 8.37. The molecule has 2 N–H and O–H groups in total. The SMILES string of the molecule is O=S(=O)(NC1CC1)c1ccc(NCc2ccncc2)cc1. The van der Waals surface area contributed by atoms with E-state index in [1.807, 2.05) is 12.1 Å². The predicted octanol–water partition coefficient (Wildman–Crippen LogP) is 2.13. The van der Waals surface area contributed by atoms with Gasteiger partial charge in [-0.05, 0) is 54.8 Å². The van der Waals surface area contributed by atoms with Gasteiger partial charge < -0.3 is 5.32 Å². The highest BCUT2D eigenvalue weighted by Gasteiger charge is 2.27. The first-order valence-electron chi connectivity index (χ1n) is 6.89. The molecule has 0 unspecified atom stereocenters. The molecule has 3 rings (SSSR count). The van der Waals surface area contributed by atoms with Crippen molar-refractivity contribution >= 4 is 15.7 Å². The minimum absolute atomic E-state index is 0.125. The number of aromatic nitrogens is 1. The summed E-state index contributed by atoms with van der Waals surface area (Å²) in [5.74, 6) is 0. The Morgan fingerprint density at radius 1 is 1.05 bits per heavy atom. The molecular formula is C15H17N3O2S. The van der Waals surface area contributed by atoms with Crippen LogP contribution in [0.3, 0.4) is 0 Å². The lowest BCUT2D eigenvalue weighted by atomic mass is 10.2. The minimum atomic E-state index is -3.37. The summed E-state index contributed by atoms with van der Waals surface area (Å²) in [7, 11) is -3.37. The van der Waals surface area contributed by atoms with Crippen LogP contribution in [0.1, 0.15) is 18.4 Å². The number of nitrogens with one attached hydrogen (secondary N) is 2. The predicted molar refractivity (Wildman–Crippen MR) is 81.3 cm³/mol. The van der Waals surface area contributed by atoms with Gasteiger partial charge in [-0.15, -0.1) is 0 Å². The van der Waals surface area contributed by atoms with Gasteiger partial charge in [0.25, 0.3) is 0 Å². The maximum atomic E-state index is 12.0. The topological polar surface area (TPSA) is 71.1 Å². The molecule has 2 aromatic rings. The van der Waals surface area contributed by atoms with Gasteiger partial charge in [0.1, 0.15) is 0 Å². The fraction of sp³-hybridized carbons (Fsp3) is 0.267. The number of benzene rings is 1. The summed E-state index contributed by atoms with van der Waals surface area (Å²) in [6.07, 6.45) is 5.36. The number of anilines is 1. The average molecular weight is 303 g/mol. The first-order chi connectivity index (χ1) is 10.1. The Morgan fingerprint density at radius 3 is 2.33 bits per heavy atom. The second-order valence-corrected chi connectivity index (χ2v) is 6.84. The second kappa shape index (κ2) is 5.83. The van der Waals surface area contributed by atoms with Crippen molar-refractivity contribution in [2.45, 2.75) is 30.3 Å². The normalized spacial score (nSPS) is 14.9. The van der Waals surface area contributed by atoms with Crippen molar-refractivity contribution in [1.29, 1.82) is 0 Å². The zero-order valence-corrected chi connectivity index (χ0v) is 12.3. The molecule has 0 aliphatic heterocycles. The standard InChI is InChI=1S/C15H17N3O2S/c19-21(20,18-14-1-2-14)15-5-3-13(4-6-15)17-11-12-7-9-16-10-8-12/h3-10,14,17-18H,1-2,11H2. The van der Waals surface area contributed by atoms with Crippen LogP contribution >= 0.6 is 0 Å². The average Bonchev–Trinajstić information content (AvgIpc) is 3.30. The monoisotopic (exact) mass is 303 g/mol. The third kappa shape index (κ3) is 3.80. The summed E-state index contributed by atoms with van der Waals surface area (Å²) in [5.41, 5.74) is 2.01. The molecule has 6 heteroatoms. The van der Waals surface area contributed by atoms with Crippen molar-refractivity contribution in [3.8, 4) is 0 Å². The molecule has 110 valence electrons. The summed E-state index contributed by atoms with van der Waals surface area (Å²) in [6, 6.07) is 10.8. The molecule has 1 saturated carbocycles. The summed E-state index contributed by atoms with van der Waals surface area (Å²) >= 11 is 0. The van der Waals surface area contributed by atoms with Gasteiger partial charge in [0.2, 0.25) is 10.0 Å². The van der Waals surface area contributed by atoms with Gasteiger partial charge >= 0.3 is 0 Å². The number of hydrogen-bond donors (Lipinski definition) is 2.